The summed E-state index contributed by atoms with van der Waals surface area (Å²) in [6, 6.07) is 0. The average molecular weight is 251 g/mol. The zero-order valence-corrected chi connectivity index (χ0v) is 7.86. The molecule has 0 aliphatic carbocycles. The van der Waals surface area contributed by atoms with Gasteiger partial charge in [-0.2, -0.15) is 13.2 Å². The Labute approximate surface area is 76.8 Å². The summed E-state index contributed by atoms with van der Waals surface area (Å²) in [4.78, 5) is 0. The van der Waals surface area contributed by atoms with Crippen molar-refractivity contribution in [1.82, 2.24) is 0 Å². The largest absolute Gasteiger partial charge is 0.391 e. The molecule has 0 radical (unpaired) electrons. The molecule has 0 spiro atoms. The van der Waals surface area contributed by atoms with Gasteiger partial charge in [-0.05, 0) is 0 Å². The molecule has 0 heterocycles. The van der Waals surface area contributed by atoms with Gasteiger partial charge >= 0.3 is 6.18 Å². The van der Waals surface area contributed by atoms with Crippen molar-refractivity contribution < 1.29 is 23.0 Å². The van der Waals surface area contributed by atoms with E-state index in [0.717, 1.165) is 0 Å². The van der Waals surface area contributed by atoms with Gasteiger partial charge in [-0.1, -0.05) is 15.9 Å². The van der Waals surface area contributed by atoms with Crippen LogP contribution < -0.4 is 0 Å². The van der Waals surface area contributed by atoms with Crippen LogP contribution in [0.4, 0.5) is 13.2 Å². The Morgan fingerprint density at radius 3 is 2.42 bits per heavy atom. The molecule has 0 aliphatic rings. The van der Waals surface area contributed by atoms with E-state index in [9.17, 15) is 13.2 Å². The van der Waals surface area contributed by atoms with Crippen LogP contribution in [0.15, 0.2) is 0 Å². The fraction of sp³-hybridized carbons (Fsp3) is 1.00. The van der Waals surface area contributed by atoms with Crippen molar-refractivity contribution in [2.75, 3.05) is 11.9 Å². The zero-order valence-electron chi connectivity index (χ0n) is 6.27. The monoisotopic (exact) mass is 250 g/mol. The molecular formula is C6H10BrF3O2. The second-order valence-corrected chi connectivity index (χ2v) is 2.96. The highest BCUT2D eigenvalue weighted by Gasteiger charge is 2.26. The summed E-state index contributed by atoms with van der Waals surface area (Å²) in [6.45, 7) is -0.488. The first kappa shape index (κ1) is 12.2. The Morgan fingerprint density at radius 1 is 1.42 bits per heavy atom. The van der Waals surface area contributed by atoms with Gasteiger partial charge in [-0.15, -0.1) is 0 Å². The van der Waals surface area contributed by atoms with E-state index in [1.165, 1.54) is 0 Å². The van der Waals surface area contributed by atoms with Crippen LogP contribution in [0.1, 0.15) is 12.8 Å². The zero-order chi connectivity index (χ0) is 9.61. The summed E-state index contributed by atoms with van der Waals surface area (Å²) in [5.41, 5.74) is 0. The van der Waals surface area contributed by atoms with E-state index < -0.39 is 25.5 Å². The molecule has 2 nitrogen and oxygen atoms in total. The molecule has 1 unspecified atom stereocenters. The summed E-state index contributed by atoms with van der Waals surface area (Å²) in [5.74, 6) is 0. The van der Waals surface area contributed by atoms with Gasteiger partial charge in [0.2, 0.25) is 0 Å². The Morgan fingerprint density at radius 2 is 2.00 bits per heavy atom. The van der Waals surface area contributed by atoms with Gasteiger partial charge in [-0.25, -0.2) is 0 Å². The van der Waals surface area contributed by atoms with Gasteiger partial charge in [0.05, 0.1) is 13.0 Å². The van der Waals surface area contributed by atoms with Crippen LogP contribution >= 0.6 is 15.9 Å². The first-order valence-corrected chi connectivity index (χ1v) is 4.50. The molecule has 1 N–H and O–H groups in total. The molecule has 0 rings (SSSR count). The Kier molecular flexibility index (Phi) is 5.86. The van der Waals surface area contributed by atoms with E-state index >= 15 is 0 Å². The van der Waals surface area contributed by atoms with Crippen molar-refractivity contribution in [2.45, 2.75) is 25.3 Å². The third-order valence-electron chi connectivity index (χ3n) is 1.05. The summed E-state index contributed by atoms with van der Waals surface area (Å²) in [7, 11) is 0. The summed E-state index contributed by atoms with van der Waals surface area (Å²) >= 11 is 3.02. The van der Waals surface area contributed by atoms with E-state index in [-0.39, 0.29) is 6.42 Å². The fourth-order valence-electron chi connectivity index (χ4n) is 0.487. The van der Waals surface area contributed by atoms with Crippen LogP contribution in [0.5, 0.6) is 0 Å². The highest BCUT2D eigenvalue weighted by molar-refractivity contribution is 9.09. The van der Waals surface area contributed by atoms with Crippen molar-refractivity contribution in [1.29, 1.82) is 0 Å². The SMILES string of the molecule is OC(CCBr)OCCC(F)(F)F. The highest BCUT2D eigenvalue weighted by atomic mass is 79.9. The van der Waals surface area contributed by atoms with Crippen molar-refractivity contribution in [3.63, 3.8) is 0 Å². The molecule has 0 aromatic heterocycles. The predicted octanol–water partition coefficient (Wildman–Crippen LogP) is 2.06. The molecule has 0 amide bonds. The molecule has 12 heavy (non-hydrogen) atoms. The Balaban J connectivity index is 3.31. The van der Waals surface area contributed by atoms with Crippen LogP contribution in [0.25, 0.3) is 0 Å². The number of aliphatic hydroxyl groups is 1. The minimum Gasteiger partial charge on any atom is -0.368 e. The number of aliphatic hydroxyl groups excluding tert-OH is 1. The smallest absolute Gasteiger partial charge is 0.368 e. The minimum absolute atomic E-state index is 0.290. The van der Waals surface area contributed by atoms with Crippen LogP contribution in [0.3, 0.4) is 0 Å². The predicted molar refractivity (Wildman–Crippen MR) is 41.0 cm³/mol. The lowest BCUT2D eigenvalue weighted by Gasteiger charge is -2.11. The average Bonchev–Trinajstić information content (AvgIpc) is 1.84. The molecule has 0 aromatic carbocycles. The maximum absolute atomic E-state index is 11.5. The quantitative estimate of drug-likeness (QED) is 0.598. The van der Waals surface area contributed by atoms with Gasteiger partial charge < -0.3 is 9.84 Å². The molecule has 0 aromatic rings. The molecule has 74 valence electrons. The van der Waals surface area contributed by atoms with Crippen molar-refractivity contribution in [2.24, 2.45) is 0 Å². The lowest BCUT2D eigenvalue weighted by molar-refractivity contribution is -0.167. The molecule has 0 fully saturated rings. The lowest BCUT2D eigenvalue weighted by atomic mass is 10.4. The highest BCUT2D eigenvalue weighted by Crippen LogP contribution is 2.19. The molecule has 6 heteroatoms. The van der Waals surface area contributed by atoms with Crippen LogP contribution in [-0.4, -0.2) is 29.5 Å². The molecule has 1 atom stereocenters. The molecular weight excluding hydrogens is 241 g/mol. The molecule has 0 saturated heterocycles. The first-order valence-electron chi connectivity index (χ1n) is 3.38. The maximum atomic E-state index is 11.5. The maximum Gasteiger partial charge on any atom is 0.391 e. The van der Waals surface area contributed by atoms with Gasteiger partial charge in [0.15, 0.2) is 6.29 Å². The number of hydrogen-bond donors (Lipinski definition) is 1. The summed E-state index contributed by atoms with van der Waals surface area (Å²) in [5, 5.41) is 9.33. The molecule has 0 saturated carbocycles. The molecule has 0 bridgehead atoms. The van der Waals surface area contributed by atoms with Crippen molar-refractivity contribution in [3.05, 3.63) is 0 Å². The molecule has 0 aliphatic heterocycles. The minimum atomic E-state index is -4.21. The number of alkyl halides is 4. The van der Waals surface area contributed by atoms with Gasteiger partial charge in [0.1, 0.15) is 0 Å². The number of rotatable bonds is 5. The number of halogens is 4. The van der Waals surface area contributed by atoms with Crippen LogP contribution in [0.2, 0.25) is 0 Å². The second kappa shape index (κ2) is 5.77. The number of ether oxygens (including phenoxy) is 1. The lowest BCUT2D eigenvalue weighted by Crippen LogP contribution is -2.18. The van der Waals surface area contributed by atoms with Gasteiger partial charge in [-0.3, -0.25) is 0 Å². The summed E-state index contributed by atoms with van der Waals surface area (Å²) in [6.07, 6.45) is -6.05. The topological polar surface area (TPSA) is 29.5 Å². The van der Waals surface area contributed by atoms with E-state index in [1.807, 2.05) is 0 Å². The Bertz CT molecular complexity index is 118. The van der Waals surface area contributed by atoms with Crippen LogP contribution in [0, 0.1) is 0 Å². The second-order valence-electron chi connectivity index (χ2n) is 2.17. The normalized spacial score (nSPS) is 14.8. The van der Waals surface area contributed by atoms with E-state index in [2.05, 4.69) is 20.7 Å². The van der Waals surface area contributed by atoms with Crippen LogP contribution in [-0.2, 0) is 4.74 Å². The number of hydrogen-bond acceptors (Lipinski definition) is 2. The third-order valence-corrected chi connectivity index (χ3v) is 1.51. The fourth-order valence-corrected chi connectivity index (χ4v) is 0.879. The summed E-state index contributed by atoms with van der Waals surface area (Å²) < 4.78 is 39.0. The van der Waals surface area contributed by atoms with Crippen molar-refractivity contribution >= 4 is 15.9 Å². The van der Waals surface area contributed by atoms with Gasteiger partial charge in [0, 0.05) is 11.8 Å². The van der Waals surface area contributed by atoms with E-state index in [1.54, 1.807) is 0 Å². The third kappa shape index (κ3) is 8.29. The van der Waals surface area contributed by atoms with Crippen molar-refractivity contribution in [3.8, 4) is 0 Å². The standard InChI is InChI=1S/C6H10BrF3O2/c7-3-1-5(11)12-4-2-6(8,9)10/h5,11H,1-4H2. The Hall–Kier alpha value is 0.190. The first-order chi connectivity index (χ1) is 5.45. The van der Waals surface area contributed by atoms with Gasteiger partial charge in [0.25, 0.3) is 0 Å². The van der Waals surface area contributed by atoms with E-state index in [4.69, 9.17) is 5.11 Å². The van der Waals surface area contributed by atoms with E-state index in [0.29, 0.717) is 5.33 Å².